The summed E-state index contributed by atoms with van der Waals surface area (Å²) in [5.74, 6) is 0. The molecule has 0 unspecified atom stereocenters. The van der Waals surface area contributed by atoms with E-state index in [-0.39, 0.29) is 0 Å². The minimum Gasteiger partial charge on any atom is -0.0622 e. The van der Waals surface area contributed by atoms with Crippen molar-refractivity contribution in [3.05, 3.63) is 291 Å². The second-order valence-corrected chi connectivity index (χ2v) is 17.0. The maximum Gasteiger partial charge on any atom is -0.00139 e. The van der Waals surface area contributed by atoms with Crippen LogP contribution in [0.2, 0.25) is 0 Å². The smallest absolute Gasteiger partial charge is 0.00139 e. The van der Waals surface area contributed by atoms with Crippen molar-refractivity contribution >= 4 is 21.5 Å². The zero-order valence-electron chi connectivity index (χ0n) is 37.7. The van der Waals surface area contributed by atoms with Crippen molar-refractivity contribution in [2.24, 2.45) is 0 Å². The molecule has 0 heteroatoms. The van der Waals surface area contributed by atoms with Crippen molar-refractivity contribution in [1.29, 1.82) is 0 Å². The molecule has 68 heavy (non-hydrogen) atoms. The van der Waals surface area contributed by atoms with Crippen LogP contribution in [0.5, 0.6) is 0 Å². The van der Waals surface area contributed by atoms with E-state index < -0.39 is 0 Å². The lowest BCUT2D eigenvalue weighted by molar-refractivity contribution is 1.51. The second-order valence-electron chi connectivity index (χ2n) is 17.0. The Labute approximate surface area is 399 Å². The minimum absolute atomic E-state index is 1.20. The Hall–Kier alpha value is -8.84. The van der Waals surface area contributed by atoms with E-state index in [0.29, 0.717) is 0 Å². The minimum atomic E-state index is 1.20. The van der Waals surface area contributed by atoms with Gasteiger partial charge in [-0.05, 0) is 111 Å². The fourth-order valence-corrected chi connectivity index (χ4v) is 10.1. The molecule has 0 radical (unpaired) electrons. The Morgan fingerprint density at radius 3 is 0.368 bits per heavy atom. The number of rotatable bonds is 8. The van der Waals surface area contributed by atoms with Gasteiger partial charge in [0.2, 0.25) is 0 Å². The quantitative estimate of drug-likeness (QED) is 0.134. The molecule has 12 rings (SSSR count). The fourth-order valence-electron chi connectivity index (χ4n) is 10.1. The average molecular weight is 865 g/mol. The molecule has 0 saturated heterocycles. The van der Waals surface area contributed by atoms with Gasteiger partial charge in [0.05, 0.1) is 0 Å². The largest absolute Gasteiger partial charge is 0.0622 e. The molecule has 0 nitrogen and oxygen atoms in total. The van der Waals surface area contributed by atoms with Gasteiger partial charge in [0.1, 0.15) is 0 Å². The lowest BCUT2D eigenvalue weighted by Gasteiger charge is -2.28. The summed E-state index contributed by atoms with van der Waals surface area (Å²) in [4.78, 5) is 0. The molecule has 0 amide bonds. The van der Waals surface area contributed by atoms with Crippen LogP contribution in [0.3, 0.4) is 0 Å². The maximum absolute atomic E-state index is 2.25. The molecule has 0 aromatic heterocycles. The molecule has 0 aliphatic rings. The summed E-state index contributed by atoms with van der Waals surface area (Å²) in [5, 5.41) is 5.21. The molecule has 0 spiro atoms. The Bertz CT molecular complexity index is 3040. The van der Waals surface area contributed by atoms with E-state index >= 15 is 0 Å². The van der Waals surface area contributed by atoms with Crippen LogP contribution in [0.25, 0.3) is 111 Å². The molecule has 12 aromatic rings. The van der Waals surface area contributed by atoms with E-state index in [2.05, 4.69) is 291 Å². The molecular formula is C68H48. The van der Waals surface area contributed by atoms with Crippen molar-refractivity contribution in [3.8, 4) is 89.0 Å². The van der Waals surface area contributed by atoms with Crippen LogP contribution < -0.4 is 0 Å². The Morgan fingerprint density at radius 2 is 0.221 bits per heavy atom. The van der Waals surface area contributed by atoms with E-state index in [1.54, 1.807) is 0 Å². The van der Waals surface area contributed by atoms with Crippen LogP contribution >= 0.6 is 0 Å². The highest BCUT2D eigenvalue weighted by molar-refractivity contribution is 6.21. The lowest BCUT2D eigenvalue weighted by atomic mass is 9.74. The molecule has 0 atom stereocenters. The first kappa shape index (κ1) is 41.8. The van der Waals surface area contributed by atoms with Crippen LogP contribution in [0.1, 0.15) is 0 Å². The zero-order valence-corrected chi connectivity index (χ0v) is 37.7. The second kappa shape index (κ2) is 19.3. The van der Waals surface area contributed by atoms with Crippen molar-refractivity contribution in [3.63, 3.8) is 0 Å². The van der Waals surface area contributed by atoms with E-state index in [4.69, 9.17) is 0 Å². The van der Waals surface area contributed by atoms with Gasteiger partial charge in [-0.3, -0.25) is 0 Å². The molecule has 0 fully saturated rings. The first-order valence-corrected chi connectivity index (χ1v) is 23.4. The fraction of sp³-hybridized carbons (Fsp3) is 0. The van der Waals surface area contributed by atoms with Crippen LogP contribution in [0.15, 0.2) is 291 Å². The van der Waals surface area contributed by atoms with Crippen LogP contribution in [0, 0.1) is 0 Å². The number of hydrogen-bond donors (Lipinski definition) is 0. The highest BCUT2D eigenvalue weighted by Gasteiger charge is 2.29. The highest BCUT2D eigenvalue weighted by Crippen LogP contribution is 2.55. The third-order valence-corrected chi connectivity index (χ3v) is 12.9. The molecule has 0 saturated carbocycles. The third kappa shape index (κ3) is 8.10. The molecule has 0 aliphatic heterocycles. The summed E-state index contributed by atoms with van der Waals surface area (Å²) in [6, 6.07) is 104. The van der Waals surface area contributed by atoms with Gasteiger partial charge in [-0.25, -0.2) is 0 Å². The van der Waals surface area contributed by atoms with E-state index in [1.165, 1.54) is 111 Å². The summed E-state index contributed by atoms with van der Waals surface area (Å²) in [6.45, 7) is 0. The average Bonchev–Trinajstić information content (AvgIpc) is 3.43. The van der Waals surface area contributed by atoms with Gasteiger partial charge in [-0.15, -0.1) is 0 Å². The number of benzene rings is 12. The predicted octanol–water partition coefficient (Wildman–Crippen LogP) is 19.0. The van der Waals surface area contributed by atoms with Gasteiger partial charge in [-0.2, -0.15) is 0 Å². The van der Waals surface area contributed by atoms with Gasteiger partial charge in [0, 0.05) is 0 Å². The van der Waals surface area contributed by atoms with Gasteiger partial charge in [0.25, 0.3) is 0 Å². The van der Waals surface area contributed by atoms with Crippen molar-refractivity contribution in [2.75, 3.05) is 0 Å². The molecule has 12 aromatic carbocycles. The number of hydrogen-bond acceptors (Lipinski definition) is 0. The molecule has 0 N–H and O–H groups in total. The SMILES string of the molecule is c1ccc(-c2c(-c3ccccc3)c(-c3ccccc3)c(-c3ccccc3)c(-c3ccccc3)c2-c2ccccc2)cc1.c1ccc(-c2c3ccccc3c(-c3ccccc3)c3ccccc23)cc1. The Balaban J connectivity index is 0.000000166. The predicted molar refractivity (Wildman–Crippen MR) is 291 cm³/mol. The van der Waals surface area contributed by atoms with Gasteiger partial charge < -0.3 is 0 Å². The van der Waals surface area contributed by atoms with Gasteiger partial charge in [-0.1, -0.05) is 291 Å². The van der Waals surface area contributed by atoms with Crippen LogP contribution in [-0.4, -0.2) is 0 Å². The third-order valence-electron chi connectivity index (χ3n) is 12.9. The van der Waals surface area contributed by atoms with Crippen molar-refractivity contribution < 1.29 is 0 Å². The standard InChI is InChI=1S/C42H30.C26H18/c1-7-19-31(20-8-1)37-38(32-21-9-2-10-22-32)40(34-25-13-4-14-26-34)42(36-29-17-6-18-30-36)41(35-27-15-5-16-28-35)39(37)33-23-11-3-12-24-33;1-3-11-19(12-4-1)25-21-15-7-9-17-23(21)26(20-13-5-2-6-14-20)24-18-10-8-16-22(24)25/h1-30H;1-18H. The topological polar surface area (TPSA) is 0 Å². The normalized spacial score (nSPS) is 10.9. The number of fused-ring (bicyclic) bond motifs is 2. The summed E-state index contributed by atoms with van der Waals surface area (Å²) < 4.78 is 0. The Morgan fingerprint density at radius 1 is 0.103 bits per heavy atom. The van der Waals surface area contributed by atoms with Crippen LogP contribution in [-0.2, 0) is 0 Å². The van der Waals surface area contributed by atoms with Crippen molar-refractivity contribution in [2.45, 2.75) is 0 Å². The Kier molecular flexibility index (Phi) is 11.9. The molecule has 0 bridgehead atoms. The summed E-state index contributed by atoms with van der Waals surface area (Å²) in [5.41, 5.74) is 19.8. The van der Waals surface area contributed by atoms with Crippen LogP contribution in [0.4, 0.5) is 0 Å². The first-order chi connectivity index (χ1) is 33.8. The maximum atomic E-state index is 2.25. The summed E-state index contributed by atoms with van der Waals surface area (Å²) in [7, 11) is 0. The zero-order chi connectivity index (χ0) is 45.5. The molecule has 0 heterocycles. The summed E-state index contributed by atoms with van der Waals surface area (Å²) >= 11 is 0. The molecule has 0 aliphatic carbocycles. The van der Waals surface area contributed by atoms with E-state index in [1.807, 2.05) is 0 Å². The lowest BCUT2D eigenvalue weighted by Crippen LogP contribution is -2.02. The van der Waals surface area contributed by atoms with E-state index in [9.17, 15) is 0 Å². The van der Waals surface area contributed by atoms with Crippen molar-refractivity contribution in [1.82, 2.24) is 0 Å². The van der Waals surface area contributed by atoms with Gasteiger partial charge in [0.15, 0.2) is 0 Å². The molecular weight excluding hydrogens is 817 g/mol. The highest BCUT2D eigenvalue weighted by atomic mass is 14.3. The summed E-state index contributed by atoms with van der Waals surface area (Å²) in [6.07, 6.45) is 0. The van der Waals surface area contributed by atoms with Gasteiger partial charge >= 0.3 is 0 Å². The van der Waals surface area contributed by atoms with E-state index in [0.717, 1.165) is 0 Å². The monoisotopic (exact) mass is 864 g/mol. The first-order valence-electron chi connectivity index (χ1n) is 23.4. The molecule has 320 valence electrons.